The number of fused-ring (bicyclic) bond motifs is 1. The Bertz CT molecular complexity index is 701. The molecule has 0 radical (unpaired) electrons. The lowest BCUT2D eigenvalue weighted by molar-refractivity contribution is 0.255. The van der Waals surface area contributed by atoms with Gasteiger partial charge in [-0.05, 0) is 42.4 Å². The molecular formula is C15H22N2O3Si. The summed E-state index contributed by atoms with van der Waals surface area (Å²) in [7, 11) is -2.16. The van der Waals surface area contributed by atoms with Gasteiger partial charge in [-0.2, -0.15) is 4.73 Å². The van der Waals surface area contributed by atoms with Crippen molar-refractivity contribution in [3.63, 3.8) is 0 Å². The molecule has 21 heavy (non-hydrogen) atoms. The molecule has 0 saturated heterocycles. The summed E-state index contributed by atoms with van der Waals surface area (Å²) < 4.78 is 7.58. The normalized spacial score (nSPS) is 12.6. The third-order valence-corrected chi connectivity index (χ3v) is 8.39. The topological polar surface area (TPSA) is 77.5 Å². The van der Waals surface area contributed by atoms with Crippen LogP contribution in [0, 0.1) is 0 Å². The lowest BCUT2D eigenvalue weighted by Gasteiger charge is -2.37. The molecule has 1 heterocycles. The monoisotopic (exact) mass is 306 g/mol. The van der Waals surface area contributed by atoms with Crippen molar-refractivity contribution >= 4 is 14.1 Å². The van der Waals surface area contributed by atoms with Crippen LogP contribution in [0.1, 0.15) is 20.8 Å². The SMILES string of the molecule is CC(C)(C)[Si](C)(C)On1c(N)ccc2c(=O)ccc(O)c1-2. The lowest BCUT2D eigenvalue weighted by atomic mass is 10.1. The smallest absolute Gasteiger partial charge is 0.284 e. The van der Waals surface area contributed by atoms with Crippen LogP contribution < -0.4 is 15.7 Å². The fourth-order valence-corrected chi connectivity index (χ4v) is 2.71. The molecule has 0 unspecified atom stereocenters. The first-order valence-corrected chi connectivity index (χ1v) is 9.78. The van der Waals surface area contributed by atoms with E-state index in [2.05, 4.69) is 33.9 Å². The summed E-state index contributed by atoms with van der Waals surface area (Å²) in [4.78, 5) is 11.9. The minimum absolute atomic E-state index is 0.0180. The first-order valence-electron chi connectivity index (χ1n) is 6.87. The summed E-state index contributed by atoms with van der Waals surface area (Å²) in [6.07, 6.45) is 0. The van der Waals surface area contributed by atoms with Crippen molar-refractivity contribution in [2.75, 3.05) is 5.73 Å². The van der Waals surface area contributed by atoms with Gasteiger partial charge >= 0.3 is 0 Å². The van der Waals surface area contributed by atoms with E-state index in [1.165, 1.54) is 16.9 Å². The third kappa shape index (κ3) is 2.63. The summed E-state index contributed by atoms with van der Waals surface area (Å²) in [6, 6.07) is 5.94. The molecule has 1 aliphatic heterocycles. The number of nitrogens with zero attached hydrogens (tertiary/aromatic N) is 1. The molecule has 0 amide bonds. The molecule has 0 saturated carbocycles. The zero-order valence-corrected chi connectivity index (χ0v) is 14.1. The average Bonchev–Trinajstić information content (AvgIpc) is 2.35. The predicted molar refractivity (Wildman–Crippen MR) is 87.2 cm³/mol. The van der Waals surface area contributed by atoms with Crippen LogP contribution in [0.5, 0.6) is 5.75 Å². The van der Waals surface area contributed by atoms with Crippen LogP contribution in [-0.2, 0) is 0 Å². The fraction of sp³-hybridized carbons (Fsp3) is 0.400. The summed E-state index contributed by atoms with van der Waals surface area (Å²) in [5, 5.41) is 10.1. The van der Waals surface area contributed by atoms with Crippen LogP contribution in [0.4, 0.5) is 5.82 Å². The molecule has 114 valence electrons. The molecule has 6 heteroatoms. The van der Waals surface area contributed by atoms with Crippen molar-refractivity contribution in [3.8, 4) is 17.0 Å². The number of rotatable bonds is 2. The standard InChI is InChI=1S/C15H22N2O3Si/c1-15(2,3)21(4,5)20-17-13(16)9-6-10-11(18)7-8-12(19)14(10)17/h6-9,19H,16H2,1-5H3. The van der Waals surface area contributed by atoms with E-state index in [-0.39, 0.29) is 16.2 Å². The first kappa shape index (κ1) is 15.4. The zero-order valence-electron chi connectivity index (χ0n) is 13.1. The van der Waals surface area contributed by atoms with Gasteiger partial charge in [0.05, 0.1) is 5.56 Å². The van der Waals surface area contributed by atoms with Gasteiger partial charge in [0.2, 0.25) is 0 Å². The number of aromatic hydroxyl groups is 1. The second-order valence-corrected chi connectivity index (χ2v) is 11.5. The van der Waals surface area contributed by atoms with Crippen LogP contribution in [0.3, 0.4) is 0 Å². The Morgan fingerprint density at radius 2 is 1.81 bits per heavy atom. The number of anilines is 1. The number of hydrogen-bond acceptors (Lipinski definition) is 4. The second kappa shape index (κ2) is 4.80. The van der Waals surface area contributed by atoms with Crippen LogP contribution in [-0.4, -0.2) is 18.2 Å². The molecule has 2 rings (SSSR count). The number of phenols is 1. The molecule has 0 bridgehead atoms. The van der Waals surface area contributed by atoms with Crippen LogP contribution in [0.2, 0.25) is 18.1 Å². The molecule has 0 fully saturated rings. The van der Waals surface area contributed by atoms with E-state index in [0.29, 0.717) is 17.1 Å². The second-order valence-electron chi connectivity index (χ2n) is 6.75. The van der Waals surface area contributed by atoms with Gasteiger partial charge in [0, 0.05) is 0 Å². The Morgan fingerprint density at radius 3 is 2.38 bits per heavy atom. The van der Waals surface area contributed by atoms with E-state index in [1.807, 2.05) is 0 Å². The van der Waals surface area contributed by atoms with Gasteiger partial charge in [-0.25, -0.2) is 0 Å². The number of nitrogens with two attached hydrogens (primary N) is 1. The molecule has 0 spiro atoms. The van der Waals surface area contributed by atoms with Crippen molar-refractivity contribution in [1.29, 1.82) is 0 Å². The van der Waals surface area contributed by atoms with Crippen LogP contribution in [0.25, 0.3) is 11.3 Å². The van der Waals surface area contributed by atoms with Gasteiger partial charge in [-0.15, -0.1) is 0 Å². The molecule has 0 aromatic carbocycles. The highest BCUT2D eigenvalue weighted by atomic mass is 28.4. The van der Waals surface area contributed by atoms with Crippen molar-refractivity contribution in [3.05, 3.63) is 34.5 Å². The summed E-state index contributed by atoms with van der Waals surface area (Å²) in [6.45, 7) is 10.5. The summed E-state index contributed by atoms with van der Waals surface area (Å²) >= 11 is 0. The number of benzene rings is 1. The quantitative estimate of drug-likeness (QED) is 0.836. The molecule has 0 aromatic rings. The maximum absolute atomic E-state index is 11.9. The molecule has 0 atom stereocenters. The largest absolute Gasteiger partial charge is 0.506 e. The van der Waals surface area contributed by atoms with Gasteiger partial charge < -0.3 is 15.4 Å². The van der Waals surface area contributed by atoms with Crippen LogP contribution >= 0.6 is 0 Å². The van der Waals surface area contributed by atoms with Crippen LogP contribution in [0.15, 0.2) is 29.1 Å². The summed E-state index contributed by atoms with van der Waals surface area (Å²) in [5.41, 5.74) is 6.55. The highest BCUT2D eigenvalue weighted by molar-refractivity contribution is 6.74. The Hall–Kier alpha value is -1.95. The highest BCUT2D eigenvalue weighted by Crippen LogP contribution is 2.37. The van der Waals surface area contributed by atoms with Crippen molar-refractivity contribution < 1.29 is 9.63 Å². The Balaban J connectivity index is 2.67. The predicted octanol–water partition coefficient (Wildman–Crippen LogP) is 2.67. The third-order valence-electron chi connectivity index (χ3n) is 4.14. The molecule has 2 aliphatic rings. The van der Waals surface area contributed by atoms with Crippen molar-refractivity contribution in [2.45, 2.75) is 38.9 Å². The van der Waals surface area contributed by atoms with Crippen molar-refractivity contribution in [2.24, 2.45) is 0 Å². The fourth-order valence-electron chi connectivity index (χ4n) is 1.78. The lowest BCUT2D eigenvalue weighted by Crippen LogP contribution is -2.48. The Labute approximate surface area is 125 Å². The number of nitrogen functional groups attached to an aromatic ring is 1. The molecular weight excluding hydrogens is 284 g/mol. The summed E-state index contributed by atoms with van der Waals surface area (Å²) in [5.74, 6) is 0.337. The van der Waals surface area contributed by atoms with Gasteiger partial charge in [0.1, 0.15) is 17.3 Å². The van der Waals surface area contributed by atoms with Crippen molar-refractivity contribution in [1.82, 2.24) is 4.73 Å². The average molecular weight is 306 g/mol. The number of aromatic nitrogens is 1. The number of phenolic OH excluding ortho intramolecular Hbond substituents is 1. The van der Waals surface area contributed by atoms with E-state index < -0.39 is 8.32 Å². The molecule has 3 N–H and O–H groups in total. The van der Waals surface area contributed by atoms with Gasteiger partial charge in [0.25, 0.3) is 8.32 Å². The minimum Gasteiger partial charge on any atom is -0.506 e. The van der Waals surface area contributed by atoms with Gasteiger partial charge in [-0.1, -0.05) is 20.8 Å². The Kier molecular flexibility index (Phi) is 3.53. The Morgan fingerprint density at radius 1 is 1.19 bits per heavy atom. The molecule has 0 aromatic heterocycles. The van der Waals surface area contributed by atoms with E-state index in [4.69, 9.17) is 10.3 Å². The van der Waals surface area contributed by atoms with Gasteiger partial charge in [0.15, 0.2) is 5.43 Å². The zero-order chi connectivity index (χ0) is 16.0. The number of hydrogen-bond donors (Lipinski definition) is 2. The first-order chi connectivity index (χ1) is 9.54. The minimum atomic E-state index is -2.16. The van der Waals surface area contributed by atoms with Gasteiger partial charge in [-0.3, -0.25) is 4.79 Å². The van der Waals surface area contributed by atoms with E-state index in [0.717, 1.165) is 0 Å². The maximum atomic E-state index is 11.9. The maximum Gasteiger partial charge on any atom is 0.284 e. The number of pyridine rings is 1. The molecule has 1 aliphatic carbocycles. The van der Waals surface area contributed by atoms with E-state index in [9.17, 15) is 9.90 Å². The highest BCUT2D eigenvalue weighted by Gasteiger charge is 2.41. The molecule has 5 nitrogen and oxygen atoms in total. The van der Waals surface area contributed by atoms with E-state index in [1.54, 1.807) is 12.1 Å². The van der Waals surface area contributed by atoms with E-state index >= 15 is 0 Å².